The van der Waals surface area contributed by atoms with Gasteiger partial charge in [-0.1, -0.05) is 43.5 Å². The summed E-state index contributed by atoms with van der Waals surface area (Å²) in [5, 5.41) is 9.89. The lowest BCUT2D eigenvalue weighted by atomic mass is 10.1. The first-order valence-electron chi connectivity index (χ1n) is 5.80. The van der Waals surface area contributed by atoms with E-state index in [0.29, 0.717) is 10.4 Å². The lowest BCUT2D eigenvalue weighted by Crippen LogP contribution is -2.24. The Morgan fingerprint density at radius 2 is 1.89 bits per heavy atom. The second kappa shape index (κ2) is 5.54. The third kappa shape index (κ3) is 3.20. The van der Waals surface area contributed by atoms with Crippen molar-refractivity contribution in [2.45, 2.75) is 31.6 Å². The Hall–Kier alpha value is -0.390. The Morgan fingerprint density at radius 1 is 1.21 bits per heavy atom. The smallest absolute Gasteiger partial charge is 0.164 e. The minimum absolute atomic E-state index is 0.100. The average Bonchev–Trinajstić information content (AvgIpc) is 2.70. The molecule has 0 unspecified atom stereocenters. The topological polar surface area (TPSA) is 30.7 Å². The van der Waals surface area contributed by atoms with Gasteiger partial charge in [0.05, 0.1) is 5.33 Å². The Labute approximate surface area is 134 Å². The molecule has 2 aromatic rings. The molecule has 0 atom stereocenters. The molecule has 0 N–H and O–H groups in total. The molecule has 0 saturated carbocycles. The summed E-state index contributed by atoms with van der Waals surface area (Å²) >= 11 is 13.0. The number of aromatic nitrogens is 3. The first-order chi connectivity index (χ1) is 8.82. The zero-order valence-electron chi connectivity index (χ0n) is 10.9. The highest BCUT2D eigenvalue weighted by molar-refractivity contribution is 9.10. The van der Waals surface area contributed by atoms with Gasteiger partial charge in [-0.25, -0.2) is 0 Å². The van der Waals surface area contributed by atoms with Crippen LogP contribution in [0.5, 0.6) is 0 Å². The lowest BCUT2D eigenvalue weighted by molar-refractivity contribution is 0.391. The molecule has 0 aliphatic rings. The quantitative estimate of drug-likeness (QED) is 0.655. The fourth-order valence-electron chi connectivity index (χ4n) is 1.98. The minimum Gasteiger partial charge on any atom is -0.305 e. The van der Waals surface area contributed by atoms with Gasteiger partial charge in [0.25, 0.3) is 0 Å². The van der Waals surface area contributed by atoms with Crippen molar-refractivity contribution < 1.29 is 0 Å². The van der Waals surface area contributed by atoms with E-state index in [1.165, 1.54) is 0 Å². The number of nitrogens with zero attached hydrogens (tertiary/aromatic N) is 3. The number of alkyl halides is 1. The van der Waals surface area contributed by atoms with Crippen LogP contribution in [-0.2, 0) is 10.9 Å². The van der Waals surface area contributed by atoms with Gasteiger partial charge in [0.2, 0.25) is 0 Å². The van der Waals surface area contributed by atoms with Crippen molar-refractivity contribution in [1.82, 2.24) is 14.8 Å². The van der Waals surface area contributed by atoms with Gasteiger partial charge in [-0.3, -0.25) is 0 Å². The number of halogens is 3. The summed E-state index contributed by atoms with van der Waals surface area (Å²) in [7, 11) is 0. The maximum Gasteiger partial charge on any atom is 0.164 e. The van der Waals surface area contributed by atoms with Crippen LogP contribution in [0.1, 0.15) is 26.6 Å². The molecule has 1 aromatic carbocycles. The molecule has 2 rings (SSSR count). The SMILES string of the molecule is CC(C)(C)n1c(CBr)nnc1-c1cc(Cl)cc(Br)c1. The molecule has 0 bridgehead atoms. The zero-order chi connectivity index (χ0) is 14.2. The van der Waals surface area contributed by atoms with Crippen molar-refractivity contribution in [2.24, 2.45) is 0 Å². The van der Waals surface area contributed by atoms with Gasteiger partial charge in [0, 0.05) is 20.6 Å². The molecule has 3 nitrogen and oxygen atoms in total. The molecule has 0 spiro atoms. The monoisotopic (exact) mass is 405 g/mol. The van der Waals surface area contributed by atoms with Crippen LogP contribution in [0, 0.1) is 0 Å². The summed E-state index contributed by atoms with van der Waals surface area (Å²) in [4.78, 5) is 0. The summed E-state index contributed by atoms with van der Waals surface area (Å²) in [5.41, 5.74) is 0.852. The van der Waals surface area contributed by atoms with E-state index in [1.54, 1.807) is 0 Å². The van der Waals surface area contributed by atoms with Crippen molar-refractivity contribution in [3.05, 3.63) is 33.5 Å². The maximum absolute atomic E-state index is 6.11. The van der Waals surface area contributed by atoms with E-state index < -0.39 is 0 Å². The van der Waals surface area contributed by atoms with Crippen molar-refractivity contribution in [3.63, 3.8) is 0 Å². The van der Waals surface area contributed by atoms with Crippen LogP contribution in [0.4, 0.5) is 0 Å². The van der Waals surface area contributed by atoms with E-state index in [4.69, 9.17) is 11.6 Å². The Balaban J connectivity index is 2.66. The van der Waals surface area contributed by atoms with Gasteiger partial charge in [-0.15, -0.1) is 10.2 Å². The van der Waals surface area contributed by atoms with Crippen molar-refractivity contribution in [1.29, 1.82) is 0 Å². The first kappa shape index (κ1) is 15.0. The number of hydrogen-bond acceptors (Lipinski definition) is 2. The molecule has 0 aliphatic heterocycles. The van der Waals surface area contributed by atoms with E-state index in [1.807, 2.05) is 18.2 Å². The second-order valence-corrected chi connectivity index (χ2v) is 7.15. The molecular weight excluding hydrogens is 393 g/mol. The predicted octanol–water partition coefficient (Wildman–Crippen LogP) is 5.01. The molecule has 19 heavy (non-hydrogen) atoms. The molecule has 1 heterocycles. The fourth-order valence-corrected chi connectivity index (χ4v) is 3.20. The van der Waals surface area contributed by atoms with Crippen molar-refractivity contribution in [3.8, 4) is 11.4 Å². The molecule has 0 aliphatic carbocycles. The Bertz CT molecular complexity index is 582. The van der Waals surface area contributed by atoms with Crippen LogP contribution in [-0.4, -0.2) is 14.8 Å². The molecule has 0 radical (unpaired) electrons. The number of rotatable bonds is 2. The minimum atomic E-state index is -0.100. The summed E-state index contributed by atoms with van der Waals surface area (Å²) < 4.78 is 3.05. The molecule has 6 heteroatoms. The third-order valence-electron chi connectivity index (χ3n) is 2.64. The zero-order valence-corrected chi connectivity index (χ0v) is 14.8. The molecule has 1 aromatic heterocycles. The Morgan fingerprint density at radius 3 is 2.42 bits per heavy atom. The molecule has 102 valence electrons. The van der Waals surface area contributed by atoms with Crippen LogP contribution >= 0.6 is 43.5 Å². The number of hydrogen-bond donors (Lipinski definition) is 0. The van der Waals surface area contributed by atoms with E-state index >= 15 is 0 Å². The molecular formula is C13H14Br2ClN3. The van der Waals surface area contributed by atoms with Crippen LogP contribution in [0.15, 0.2) is 22.7 Å². The van der Waals surface area contributed by atoms with Crippen LogP contribution < -0.4 is 0 Å². The van der Waals surface area contributed by atoms with Crippen LogP contribution in [0.3, 0.4) is 0 Å². The molecule has 0 amide bonds. The van der Waals surface area contributed by atoms with Gasteiger partial charge >= 0.3 is 0 Å². The second-order valence-electron chi connectivity index (χ2n) is 5.24. The highest BCUT2D eigenvalue weighted by Gasteiger charge is 2.23. The van der Waals surface area contributed by atoms with E-state index in [-0.39, 0.29) is 5.54 Å². The first-order valence-corrected chi connectivity index (χ1v) is 8.09. The van der Waals surface area contributed by atoms with E-state index in [0.717, 1.165) is 21.7 Å². The van der Waals surface area contributed by atoms with Crippen LogP contribution in [0.2, 0.25) is 5.02 Å². The Kier molecular flexibility index (Phi) is 4.38. The highest BCUT2D eigenvalue weighted by atomic mass is 79.9. The summed E-state index contributed by atoms with van der Waals surface area (Å²) in [5.74, 6) is 1.73. The van der Waals surface area contributed by atoms with Gasteiger partial charge in [0.15, 0.2) is 5.82 Å². The summed E-state index contributed by atoms with van der Waals surface area (Å²) in [6.45, 7) is 6.39. The third-order valence-corrected chi connectivity index (χ3v) is 3.82. The highest BCUT2D eigenvalue weighted by Crippen LogP contribution is 2.30. The lowest BCUT2D eigenvalue weighted by Gasteiger charge is -2.24. The maximum atomic E-state index is 6.11. The average molecular weight is 408 g/mol. The van der Waals surface area contributed by atoms with Crippen molar-refractivity contribution in [2.75, 3.05) is 0 Å². The number of benzene rings is 1. The van der Waals surface area contributed by atoms with Crippen molar-refractivity contribution >= 4 is 43.5 Å². The molecule has 0 saturated heterocycles. The van der Waals surface area contributed by atoms with Gasteiger partial charge in [-0.2, -0.15) is 0 Å². The largest absolute Gasteiger partial charge is 0.305 e. The fraction of sp³-hybridized carbons (Fsp3) is 0.385. The van der Waals surface area contributed by atoms with Gasteiger partial charge in [0.1, 0.15) is 5.82 Å². The van der Waals surface area contributed by atoms with Gasteiger partial charge < -0.3 is 4.57 Å². The van der Waals surface area contributed by atoms with Crippen LogP contribution in [0.25, 0.3) is 11.4 Å². The van der Waals surface area contributed by atoms with E-state index in [2.05, 4.69) is 67.4 Å². The summed E-state index contributed by atoms with van der Waals surface area (Å²) in [6.07, 6.45) is 0. The normalized spacial score (nSPS) is 11.9. The standard InChI is InChI=1S/C13H14Br2ClN3/c1-13(2,3)19-11(7-14)17-18-12(19)8-4-9(15)6-10(16)5-8/h4-6H,7H2,1-3H3. The van der Waals surface area contributed by atoms with Gasteiger partial charge in [-0.05, 0) is 39.0 Å². The predicted molar refractivity (Wildman–Crippen MR) is 85.8 cm³/mol. The molecule has 0 fully saturated rings. The summed E-state index contributed by atoms with van der Waals surface area (Å²) in [6, 6.07) is 5.75. The van der Waals surface area contributed by atoms with E-state index in [9.17, 15) is 0 Å².